The number of benzene rings is 2. The molecule has 2 fully saturated rings. The lowest BCUT2D eigenvalue weighted by Crippen LogP contribution is -2.55. The van der Waals surface area contributed by atoms with Crippen LogP contribution in [0.2, 0.25) is 0 Å². The lowest BCUT2D eigenvalue weighted by molar-refractivity contribution is -0.150. The van der Waals surface area contributed by atoms with E-state index in [-0.39, 0.29) is 36.5 Å². The zero-order valence-corrected chi connectivity index (χ0v) is 19.6. The summed E-state index contributed by atoms with van der Waals surface area (Å²) >= 11 is 0. The number of carbonyl (C=O) groups excluding carboxylic acids is 3. The van der Waals surface area contributed by atoms with Crippen LogP contribution in [0.1, 0.15) is 5.56 Å². The number of ether oxygens (including phenoxy) is 2. The van der Waals surface area contributed by atoms with Gasteiger partial charge in [0, 0.05) is 30.2 Å². The highest BCUT2D eigenvalue weighted by molar-refractivity contribution is 6.04. The Balaban J connectivity index is 1.41. The highest BCUT2D eigenvalue weighted by Gasteiger charge is 2.39. The number of morpholine rings is 2. The first-order valence-electron chi connectivity index (χ1n) is 11.4. The van der Waals surface area contributed by atoms with Gasteiger partial charge in [-0.15, -0.1) is 5.12 Å². The smallest absolute Gasteiger partial charge is 0.435 e. The van der Waals surface area contributed by atoms with Gasteiger partial charge < -0.3 is 34.8 Å². The fourth-order valence-corrected chi connectivity index (χ4v) is 3.98. The molecule has 4 amide bonds. The van der Waals surface area contributed by atoms with E-state index in [0.717, 1.165) is 0 Å². The fraction of sp³-hybridized carbons (Fsp3) is 0.333. The molecule has 3 N–H and O–H groups in total. The third-order valence-electron chi connectivity index (χ3n) is 5.87. The maximum absolute atomic E-state index is 13.2. The summed E-state index contributed by atoms with van der Waals surface area (Å²) < 4.78 is 23.8. The number of halogens is 1. The average molecular weight is 516 g/mol. The minimum Gasteiger partial charge on any atom is -0.463 e. The van der Waals surface area contributed by atoms with E-state index in [4.69, 9.17) is 14.6 Å². The molecule has 0 aliphatic carbocycles. The SMILES string of the molecule is O=C(Nc1ccc(CN(F)C(=O)O)cc1)C(O)C1OCCN(c2cccc(N3CCOCC3=O)c2)C1=O. The second-order valence-electron chi connectivity index (χ2n) is 8.33. The minimum atomic E-state index is -1.83. The van der Waals surface area contributed by atoms with Crippen molar-refractivity contribution in [3.63, 3.8) is 0 Å². The summed E-state index contributed by atoms with van der Waals surface area (Å²) in [4.78, 5) is 51.5. The zero-order chi connectivity index (χ0) is 26.5. The maximum atomic E-state index is 13.2. The summed E-state index contributed by atoms with van der Waals surface area (Å²) in [6, 6.07) is 12.5. The van der Waals surface area contributed by atoms with Gasteiger partial charge in [0.1, 0.15) is 6.61 Å². The number of nitrogens with one attached hydrogen (secondary N) is 1. The molecule has 2 aliphatic heterocycles. The largest absolute Gasteiger partial charge is 0.463 e. The molecule has 2 aromatic rings. The van der Waals surface area contributed by atoms with E-state index in [2.05, 4.69) is 5.32 Å². The number of hydrogen-bond acceptors (Lipinski definition) is 7. The summed E-state index contributed by atoms with van der Waals surface area (Å²) in [6.07, 6.45) is -5.02. The maximum Gasteiger partial charge on any atom is 0.435 e. The normalized spacial score (nSPS) is 18.9. The Morgan fingerprint density at radius 3 is 2.43 bits per heavy atom. The Kier molecular flexibility index (Phi) is 7.96. The van der Waals surface area contributed by atoms with Gasteiger partial charge in [0.25, 0.3) is 17.7 Å². The Morgan fingerprint density at radius 1 is 1.08 bits per heavy atom. The first-order valence-corrected chi connectivity index (χ1v) is 11.4. The Labute approximate surface area is 210 Å². The number of aliphatic hydroxyl groups is 1. The van der Waals surface area contributed by atoms with Crippen LogP contribution in [-0.4, -0.2) is 84.3 Å². The summed E-state index contributed by atoms with van der Waals surface area (Å²) in [6.45, 7) is 0.520. The van der Waals surface area contributed by atoms with Gasteiger partial charge in [-0.3, -0.25) is 14.4 Å². The second-order valence-corrected chi connectivity index (χ2v) is 8.33. The van der Waals surface area contributed by atoms with Crippen LogP contribution in [0.3, 0.4) is 0 Å². The monoisotopic (exact) mass is 516 g/mol. The number of rotatable bonds is 7. The molecular weight excluding hydrogens is 491 g/mol. The number of amides is 4. The zero-order valence-electron chi connectivity index (χ0n) is 19.6. The number of nitrogens with zero attached hydrogens (tertiary/aromatic N) is 3. The molecule has 2 aliphatic rings. The third-order valence-corrected chi connectivity index (χ3v) is 5.87. The van der Waals surface area contributed by atoms with Crippen molar-refractivity contribution < 1.29 is 43.3 Å². The van der Waals surface area contributed by atoms with Crippen LogP contribution in [0.5, 0.6) is 0 Å². The molecule has 12 nitrogen and oxygen atoms in total. The molecule has 0 aromatic heterocycles. The van der Waals surface area contributed by atoms with Crippen LogP contribution < -0.4 is 15.1 Å². The van der Waals surface area contributed by atoms with E-state index in [1.165, 1.54) is 29.2 Å². The number of carbonyl (C=O) groups is 4. The fourth-order valence-electron chi connectivity index (χ4n) is 3.98. The molecule has 2 heterocycles. The average Bonchev–Trinajstić information content (AvgIpc) is 2.89. The van der Waals surface area contributed by atoms with Crippen LogP contribution in [0.4, 0.5) is 26.3 Å². The van der Waals surface area contributed by atoms with E-state index in [0.29, 0.717) is 30.1 Å². The Bertz CT molecular complexity index is 1180. The molecule has 2 unspecified atom stereocenters. The first kappa shape index (κ1) is 26.0. The third kappa shape index (κ3) is 6.02. The highest BCUT2D eigenvalue weighted by Crippen LogP contribution is 2.26. The van der Waals surface area contributed by atoms with E-state index in [1.54, 1.807) is 29.2 Å². The lowest BCUT2D eigenvalue weighted by Gasteiger charge is -2.35. The van der Waals surface area contributed by atoms with Crippen molar-refractivity contribution in [2.75, 3.05) is 48.0 Å². The molecule has 13 heteroatoms. The quantitative estimate of drug-likeness (QED) is 0.464. The van der Waals surface area contributed by atoms with E-state index in [1.807, 2.05) is 0 Å². The predicted molar refractivity (Wildman–Crippen MR) is 127 cm³/mol. The molecule has 37 heavy (non-hydrogen) atoms. The molecule has 2 atom stereocenters. The number of carboxylic acid groups (broad SMARTS) is 1. The summed E-state index contributed by atoms with van der Waals surface area (Å²) in [5.41, 5.74) is 1.67. The van der Waals surface area contributed by atoms with Crippen LogP contribution in [0.15, 0.2) is 48.5 Å². The number of aliphatic hydroxyl groups excluding tert-OH is 1. The van der Waals surface area contributed by atoms with E-state index >= 15 is 0 Å². The number of anilines is 3. The molecule has 0 bridgehead atoms. The number of hydrogen-bond donors (Lipinski definition) is 3. The van der Waals surface area contributed by atoms with Gasteiger partial charge in [-0.25, -0.2) is 4.79 Å². The van der Waals surface area contributed by atoms with Crippen LogP contribution in [0, 0.1) is 0 Å². The van der Waals surface area contributed by atoms with Crippen molar-refractivity contribution in [2.24, 2.45) is 0 Å². The van der Waals surface area contributed by atoms with Crippen molar-refractivity contribution in [3.05, 3.63) is 54.1 Å². The van der Waals surface area contributed by atoms with Gasteiger partial charge in [0.15, 0.2) is 12.2 Å². The first-order chi connectivity index (χ1) is 17.7. The van der Waals surface area contributed by atoms with E-state index < -0.39 is 36.7 Å². The van der Waals surface area contributed by atoms with Gasteiger partial charge in [-0.1, -0.05) is 22.7 Å². The Morgan fingerprint density at radius 2 is 1.76 bits per heavy atom. The molecule has 0 spiro atoms. The standard InChI is InChI=1S/C24H25FN4O8/c25-29(24(34)35)13-15-4-6-16(7-5-15)26-22(32)20(31)21-23(33)28(9-11-37-21)18-3-1-2-17(12-18)27-8-10-36-14-19(27)30/h1-7,12,20-21,31H,8-11,13-14H2,(H,26,32)(H,34,35). The van der Waals surface area contributed by atoms with Crippen molar-refractivity contribution in [1.29, 1.82) is 0 Å². The van der Waals surface area contributed by atoms with Crippen molar-refractivity contribution >= 4 is 40.9 Å². The van der Waals surface area contributed by atoms with Crippen LogP contribution >= 0.6 is 0 Å². The van der Waals surface area contributed by atoms with Gasteiger partial charge in [0.05, 0.1) is 19.8 Å². The minimum absolute atomic E-state index is 0.0244. The topological polar surface area (TPSA) is 149 Å². The molecule has 2 aromatic carbocycles. The van der Waals surface area contributed by atoms with Crippen LogP contribution in [-0.2, 0) is 30.4 Å². The van der Waals surface area contributed by atoms with Gasteiger partial charge in [-0.05, 0) is 35.9 Å². The molecular formula is C24H25FN4O8. The molecule has 4 rings (SSSR count). The molecule has 0 radical (unpaired) electrons. The van der Waals surface area contributed by atoms with Gasteiger partial charge in [0.2, 0.25) is 0 Å². The van der Waals surface area contributed by atoms with Gasteiger partial charge >= 0.3 is 6.09 Å². The van der Waals surface area contributed by atoms with Crippen LogP contribution in [0.25, 0.3) is 0 Å². The highest BCUT2D eigenvalue weighted by atomic mass is 19.2. The summed E-state index contributed by atoms with van der Waals surface area (Å²) in [5.74, 6) is -1.71. The molecule has 0 saturated carbocycles. The predicted octanol–water partition coefficient (Wildman–Crippen LogP) is 1.15. The van der Waals surface area contributed by atoms with E-state index in [9.17, 15) is 28.8 Å². The van der Waals surface area contributed by atoms with Crippen molar-refractivity contribution in [1.82, 2.24) is 5.12 Å². The molecule has 2 saturated heterocycles. The second kappa shape index (κ2) is 11.3. The lowest BCUT2D eigenvalue weighted by atomic mass is 10.1. The Hall–Kier alpha value is -4.07. The van der Waals surface area contributed by atoms with Gasteiger partial charge in [-0.2, -0.15) is 0 Å². The van der Waals surface area contributed by atoms with Crippen molar-refractivity contribution in [3.8, 4) is 0 Å². The summed E-state index contributed by atoms with van der Waals surface area (Å²) in [5, 5.41) is 21.3. The summed E-state index contributed by atoms with van der Waals surface area (Å²) in [7, 11) is 0. The molecule has 196 valence electrons. The van der Waals surface area contributed by atoms with Crippen molar-refractivity contribution in [2.45, 2.75) is 18.8 Å².